The van der Waals surface area contributed by atoms with Gasteiger partial charge in [-0.15, -0.1) is 0 Å². The molecule has 2 unspecified atom stereocenters. The molecule has 1 amide bonds. The second-order valence-corrected chi connectivity index (χ2v) is 9.40. The highest BCUT2D eigenvalue weighted by Gasteiger charge is 2.23. The number of hydrogen-bond acceptors (Lipinski definition) is 4. The minimum Gasteiger partial charge on any atom is -0.480 e. The van der Waals surface area contributed by atoms with Crippen LogP contribution in [0, 0.1) is 0 Å². The van der Waals surface area contributed by atoms with Crippen molar-refractivity contribution in [3.63, 3.8) is 0 Å². The normalized spacial score (nSPS) is 13.6. The summed E-state index contributed by atoms with van der Waals surface area (Å²) in [6.07, 6.45) is 0.839. The second kappa shape index (κ2) is 11.3. The smallest absolute Gasteiger partial charge is 0.265 e. The highest BCUT2D eigenvalue weighted by molar-refractivity contribution is 7.89. The molecule has 2 aromatic carbocycles. The number of carbonyl (C=O) groups is 1. The molecule has 0 saturated heterocycles. The maximum absolute atomic E-state index is 12.8. The number of ether oxygens (including phenoxy) is 1. The van der Waals surface area contributed by atoms with Gasteiger partial charge >= 0.3 is 0 Å². The zero-order chi connectivity index (χ0) is 23.0. The fraction of sp³-hybridized carbons (Fsp3) is 0.458. The van der Waals surface area contributed by atoms with Gasteiger partial charge in [0.25, 0.3) is 5.91 Å². The molecular weight excluding hydrogens is 412 g/mol. The quantitative estimate of drug-likeness (QED) is 0.525. The second-order valence-electron chi connectivity index (χ2n) is 7.46. The van der Waals surface area contributed by atoms with Crippen LogP contribution in [0.25, 0.3) is 0 Å². The Bertz CT molecular complexity index is 954. The monoisotopic (exact) mass is 446 g/mol. The number of hydrogen-bond donors (Lipinski definition) is 1. The van der Waals surface area contributed by atoms with Crippen molar-refractivity contribution in [2.24, 2.45) is 0 Å². The number of sulfonamides is 1. The summed E-state index contributed by atoms with van der Waals surface area (Å²) in [5.41, 5.74) is 1.61. The Morgan fingerprint density at radius 3 is 2.13 bits per heavy atom. The average Bonchev–Trinajstić information content (AvgIpc) is 2.78. The van der Waals surface area contributed by atoms with Crippen LogP contribution in [0.3, 0.4) is 0 Å². The standard InChI is InChI=1S/C24H34N2O4S/c1-6-18(5)21-12-10-11-13-23(21)30-22(7-2)24(27)25-19-14-16-20(17-15-19)31(28,29)26(8-3)9-4/h10-18,22H,6-9H2,1-5H3,(H,25,27). The zero-order valence-electron chi connectivity index (χ0n) is 19.1. The van der Waals surface area contributed by atoms with Crippen LogP contribution in [0.15, 0.2) is 53.4 Å². The molecule has 2 aromatic rings. The number of carbonyl (C=O) groups excluding carboxylic acids is 1. The first-order chi connectivity index (χ1) is 14.8. The number of benzene rings is 2. The minimum absolute atomic E-state index is 0.208. The van der Waals surface area contributed by atoms with Crippen molar-refractivity contribution in [3.05, 3.63) is 54.1 Å². The lowest BCUT2D eigenvalue weighted by Crippen LogP contribution is -2.33. The number of rotatable bonds is 11. The maximum atomic E-state index is 12.8. The molecule has 31 heavy (non-hydrogen) atoms. The van der Waals surface area contributed by atoms with Crippen molar-refractivity contribution in [2.75, 3.05) is 18.4 Å². The Kier molecular flexibility index (Phi) is 9.07. The molecule has 0 saturated carbocycles. The van der Waals surface area contributed by atoms with Crippen molar-refractivity contribution >= 4 is 21.6 Å². The molecule has 0 aliphatic carbocycles. The molecule has 2 rings (SSSR count). The van der Waals surface area contributed by atoms with E-state index in [1.54, 1.807) is 26.0 Å². The summed E-state index contributed by atoms with van der Waals surface area (Å²) in [6, 6.07) is 14.0. The van der Waals surface area contributed by atoms with E-state index < -0.39 is 16.1 Å². The van der Waals surface area contributed by atoms with E-state index in [-0.39, 0.29) is 10.8 Å². The molecule has 0 aliphatic rings. The van der Waals surface area contributed by atoms with E-state index in [9.17, 15) is 13.2 Å². The summed E-state index contributed by atoms with van der Waals surface area (Å²) in [5.74, 6) is 0.789. The molecule has 0 radical (unpaired) electrons. The SMILES string of the molecule is CCC(Oc1ccccc1C(C)CC)C(=O)Nc1ccc(S(=O)(=O)N(CC)CC)cc1. The molecule has 1 N–H and O–H groups in total. The van der Waals surface area contributed by atoms with Crippen molar-refractivity contribution < 1.29 is 17.9 Å². The minimum atomic E-state index is -3.53. The van der Waals surface area contributed by atoms with Crippen LogP contribution in [-0.2, 0) is 14.8 Å². The van der Waals surface area contributed by atoms with E-state index >= 15 is 0 Å². The molecule has 0 aromatic heterocycles. The molecular formula is C24H34N2O4S. The fourth-order valence-electron chi connectivity index (χ4n) is 3.34. The molecule has 0 aliphatic heterocycles. The van der Waals surface area contributed by atoms with Crippen LogP contribution < -0.4 is 10.1 Å². The highest BCUT2D eigenvalue weighted by atomic mass is 32.2. The van der Waals surface area contributed by atoms with Crippen LogP contribution in [-0.4, -0.2) is 37.8 Å². The summed E-state index contributed by atoms with van der Waals surface area (Å²) in [5, 5.41) is 2.84. The Morgan fingerprint density at radius 1 is 0.968 bits per heavy atom. The molecule has 7 heteroatoms. The maximum Gasteiger partial charge on any atom is 0.265 e. The number of anilines is 1. The van der Waals surface area contributed by atoms with Gasteiger partial charge in [0.1, 0.15) is 5.75 Å². The summed E-state index contributed by atoms with van der Waals surface area (Å²) in [7, 11) is -3.53. The topological polar surface area (TPSA) is 75.7 Å². The van der Waals surface area contributed by atoms with Gasteiger partial charge in [0.05, 0.1) is 4.90 Å². The predicted molar refractivity (Wildman–Crippen MR) is 125 cm³/mol. The largest absolute Gasteiger partial charge is 0.480 e. The average molecular weight is 447 g/mol. The first-order valence-corrected chi connectivity index (χ1v) is 12.4. The van der Waals surface area contributed by atoms with Crippen LogP contribution in [0.1, 0.15) is 58.9 Å². The Labute approximate surface area is 186 Å². The first-order valence-electron chi connectivity index (χ1n) is 10.9. The Balaban J connectivity index is 2.14. The number of amides is 1. The van der Waals surface area contributed by atoms with Gasteiger partial charge in [-0.25, -0.2) is 8.42 Å². The van der Waals surface area contributed by atoms with E-state index in [4.69, 9.17) is 4.74 Å². The fourth-order valence-corrected chi connectivity index (χ4v) is 4.79. The molecule has 0 spiro atoms. The third-order valence-electron chi connectivity index (χ3n) is 5.46. The van der Waals surface area contributed by atoms with E-state index in [0.717, 1.165) is 17.7 Å². The number of nitrogens with zero attached hydrogens (tertiary/aromatic N) is 1. The molecule has 2 atom stereocenters. The van der Waals surface area contributed by atoms with Gasteiger partial charge in [-0.3, -0.25) is 4.79 Å². The third-order valence-corrected chi connectivity index (χ3v) is 7.52. The molecule has 0 fully saturated rings. The van der Waals surface area contributed by atoms with Gasteiger partial charge in [0, 0.05) is 18.8 Å². The summed E-state index contributed by atoms with van der Waals surface area (Å²) >= 11 is 0. The van der Waals surface area contributed by atoms with Gasteiger partial charge in [0.2, 0.25) is 10.0 Å². The van der Waals surface area contributed by atoms with Crippen LogP contribution in [0.5, 0.6) is 5.75 Å². The molecule has 0 heterocycles. The van der Waals surface area contributed by atoms with Gasteiger partial charge in [0.15, 0.2) is 6.10 Å². The zero-order valence-corrected chi connectivity index (χ0v) is 19.9. The van der Waals surface area contributed by atoms with Crippen molar-refractivity contribution in [3.8, 4) is 5.75 Å². The van der Waals surface area contributed by atoms with Gasteiger partial charge < -0.3 is 10.1 Å². The summed E-state index contributed by atoms with van der Waals surface area (Å²) < 4.78 is 32.7. The lowest BCUT2D eigenvalue weighted by Gasteiger charge is -2.21. The van der Waals surface area contributed by atoms with Crippen molar-refractivity contribution in [1.29, 1.82) is 0 Å². The van der Waals surface area contributed by atoms with Crippen LogP contribution in [0.2, 0.25) is 0 Å². The lowest BCUT2D eigenvalue weighted by atomic mass is 9.98. The van der Waals surface area contributed by atoms with E-state index in [1.807, 2.05) is 31.2 Å². The summed E-state index contributed by atoms with van der Waals surface area (Å²) in [6.45, 7) is 10.6. The van der Waals surface area contributed by atoms with Gasteiger partial charge in [-0.2, -0.15) is 4.31 Å². The van der Waals surface area contributed by atoms with Crippen LogP contribution in [0.4, 0.5) is 5.69 Å². The van der Waals surface area contributed by atoms with E-state index in [1.165, 1.54) is 16.4 Å². The third kappa shape index (κ3) is 6.08. The van der Waals surface area contributed by atoms with Crippen molar-refractivity contribution in [2.45, 2.75) is 64.4 Å². The van der Waals surface area contributed by atoms with E-state index in [0.29, 0.717) is 31.1 Å². The lowest BCUT2D eigenvalue weighted by molar-refractivity contribution is -0.122. The predicted octanol–water partition coefficient (Wildman–Crippen LogP) is 5.03. The molecule has 6 nitrogen and oxygen atoms in total. The summed E-state index contributed by atoms with van der Waals surface area (Å²) in [4.78, 5) is 13.0. The Hall–Kier alpha value is -2.38. The number of para-hydroxylation sites is 1. The van der Waals surface area contributed by atoms with Gasteiger partial charge in [-0.1, -0.05) is 52.8 Å². The highest BCUT2D eigenvalue weighted by Crippen LogP contribution is 2.29. The Morgan fingerprint density at radius 2 is 1.58 bits per heavy atom. The molecule has 0 bridgehead atoms. The van der Waals surface area contributed by atoms with Gasteiger partial charge in [-0.05, 0) is 54.7 Å². The van der Waals surface area contributed by atoms with Crippen molar-refractivity contribution in [1.82, 2.24) is 4.31 Å². The first kappa shape index (κ1) is 24.9. The van der Waals surface area contributed by atoms with Crippen LogP contribution >= 0.6 is 0 Å². The molecule has 170 valence electrons. The van der Waals surface area contributed by atoms with E-state index in [2.05, 4.69) is 19.2 Å². The number of nitrogens with one attached hydrogen (secondary N) is 1.